The number of rotatable bonds is 38. The first-order valence-corrected chi connectivity index (χ1v) is 30.6. The summed E-state index contributed by atoms with van der Waals surface area (Å²) in [4.78, 5) is 58.5. The van der Waals surface area contributed by atoms with Crippen LogP contribution in [-0.2, 0) is 69.3 Å². The summed E-state index contributed by atoms with van der Waals surface area (Å²) in [6.07, 6.45) is 32.3. The molecule has 0 aliphatic carbocycles. The summed E-state index contributed by atoms with van der Waals surface area (Å²) in [5, 5.41) is 0.916. The summed E-state index contributed by atoms with van der Waals surface area (Å²) in [5.74, 6) is -3.05. The van der Waals surface area contributed by atoms with Crippen molar-refractivity contribution in [2.45, 2.75) is 221 Å². The molecule has 0 N–H and O–H groups in total. The summed E-state index contributed by atoms with van der Waals surface area (Å²) in [7, 11) is 0. The Morgan fingerprint density at radius 2 is 0.636 bits per heavy atom. The first-order chi connectivity index (χ1) is 37.5. The van der Waals surface area contributed by atoms with E-state index in [-0.39, 0.29) is 44.0 Å². The molecule has 0 saturated heterocycles. The topological polar surface area (TPSA) is 122 Å². The molecule has 0 spiro atoms. The number of unbranched alkanes of at least 4 members (excludes halogenated alkanes) is 22. The lowest BCUT2D eigenvalue weighted by atomic mass is 9.99. The minimum absolute atomic E-state index is 0.0216. The van der Waals surface area contributed by atoms with Crippen molar-refractivity contribution in [3.05, 3.63) is 144 Å². The molecule has 0 atom stereocenters. The van der Waals surface area contributed by atoms with Crippen molar-refractivity contribution >= 4 is 56.7 Å². The average molecular weight is 1150 g/mol. The van der Waals surface area contributed by atoms with E-state index in [9.17, 15) is 24.0 Å². The third-order valence-electron chi connectivity index (χ3n) is 12.6. The molecule has 4 aromatic rings. The summed E-state index contributed by atoms with van der Waals surface area (Å²) in [5.41, 5.74) is 3.57. The molecule has 0 saturated carbocycles. The van der Waals surface area contributed by atoms with Gasteiger partial charge in [-0.25, -0.2) is 0 Å². The minimum atomic E-state index is -0.870. The number of hydrogen-bond acceptors (Lipinski definition) is 9. The van der Waals surface area contributed by atoms with Crippen LogP contribution in [0.15, 0.2) is 121 Å². The van der Waals surface area contributed by atoms with Crippen LogP contribution in [0.1, 0.15) is 217 Å². The Morgan fingerprint density at radius 1 is 0.390 bits per heavy atom. The Kier molecular flexibility index (Phi) is 46.2. The van der Waals surface area contributed by atoms with Gasteiger partial charge >= 0.3 is 23.9 Å². The van der Waals surface area contributed by atoms with E-state index in [1.165, 1.54) is 140 Å². The van der Waals surface area contributed by atoms with Crippen molar-refractivity contribution in [3.8, 4) is 0 Å². The van der Waals surface area contributed by atoms with E-state index in [1.807, 2.05) is 121 Å². The molecule has 0 unspecified atom stereocenters. The van der Waals surface area contributed by atoms with Gasteiger partial charge < -0.3 is 18.9 Å². The van der Waals surface area contributed by atoms with Gasteiger partial charge in [0.05, 0.1) is 0 Å². The SMILES string of the molecule is CC(C)C(=O)Cl.CCCCCCCCCCCCCCBr.CCCCCCCCCCCCCCC(C(=O)OCc1ccccc1)C(=O)OCc1ccccc1.O=C(CC(=O)OCc1ccccc1)OCc1ccccc1. The predicted octanol–water partition coefficient (Wildman–Crippen LogP) is 18.5. The Morgan fingerprint density at radius 3 is 0.896 bits per heavy atom. The largest absolute Gasteiger partial charge is 0.460 e. The molecule has 0 radical (unpaired) electrons. The van der Waals surface area contributed by atoms with E-state index in [0.717, 1.165) is 41.5 Å². The molecule has 0 aliphatic rings. The van der Waals surface area contributed by atoms with Crippen molar-refractivity contribution in [2.75, 3.05) is 5.33 Å². The van der Waals surface area contributed by atoms with Crippen LogP contribution >= 0.6 is 27.5 Å². The second-order valence-electron chi connectivity index (χ2n) is 19.9. The Balaban J connectivity index is 0.000000595. The quantitative estimate of drug-likeness (QED) is 0.0108. The van der Waals surface area contributed by atoms with Gasteiger partial charge in [0.15, 0.2) is 5.92 Å². The van der Waals surface area contributed by atoms with Crippen molar-refractivity contribution in [2.24, 2.45) is 11.8 Å². The van der Waals surface area contributed by atoms with Crippen LogP contribution < -0.4 is 0 Å². The van der Waals surface area contributed by atoms with Crippen molar-refractivity contribution < 1.29 is 42.9 Å². The fourth-order valence-corrected chi connectivity index (χ4v) is 8.21. The van der Waals surface area contributed by atoms with Gasteiger partial charge in [0.2, 0.25) is 5.24 Å². The van der Waals surface area contributed by atoms with E-state index in [0.29, 0.717) is 6.42 Å². The summed E-state index contributed by atoms with van der Waals surface area (Å²) in [6.45, 7) is 8.71. The Labute approximate surface area is 478 Å². The molecule has 428 valence electrons. The van der Waals surface area contributed by atoms with Crippen LogP contribution in [0, 0.1) is 11.8 Å². The van der Waals surface area contributed by atoms with E-state index in [1.54, 1.807) is 13.8 Å². The van der Waals surface area contributed by atoms with Crippen LogP contribution in [0.4, 0.5) is 0 Å². The lowest BCUT2D eigenvalue weighted by molar-refractivity contribution is -0.164. The zero-order chi connectivity index (χ0) is 56.2. The number of hydrogen-bond donors (Lipinski definition) is 0. The maximum atomic E-state index is 12.8. The lowest BCUT2D eigenvalue weighted by Gasteiger charge is -2.16. The summed E-state index contributed by atoms with van der Waals surface area (Å²) in [6, 6.07) is 37.7. The van der Waals surface area contributed by atoms with Gasteiger partial charge in [0.1, 0.15) is 32.8 Å². The van der Waals surface area contributed by atoms with E-state index >= 15 is 0 Å². The van der Waals surface area contributed by atoms with E-state index < -0.39 is 29.8 Å². The molecular formula is C66H96BrClO9. The zero-order valence-electron chi connectivity index (χ0n) is 47.6. The molecule has 0 fully saturated rings. The molecule has 11 heteroatoms. The highest BCUT2D eigenvalue weighted by Crippen LogP contribution is 2.19. The van der Waals surface area contributed by atoms with Crippen molar-refractivity contribution in [1.82, 2.24) is 0 Å². The summed E-state index contributed by atoms with van der Waals surface area (Å²) >= 11 is 8.45. The second-order valence-corrected chi connectivity index (χ2v) is 21.1. The minimum Gasteiger partial charge on any atom is -0.460 e. The lowest BCUT2D eigenvalue weighted by Crippen LogP contribution is -2.28. The van der Waals surface area contributed by atoms with Crippen LogP contribution in [0.25, 0.3) is 0 Å². The van der Waals surface area contributed by atoms with Gasteiger partial charge in [-0.3, -0.25) is 24.0 Å². The number of benzene rings is 4. The van der Waals surface area contributed by atoms with Gasteiger partial charge in [-0.05, 0) is 46.7 Å². The molecule has 0 bridgehead atoms. The highest BCUT2D eigenvalue weighted by Gasteiger charge is 2.29. The molecule has 4 rings (SSSR count). The molecule has 0 aromatic heterocycles. The number of carbonyl (C=O) groups is 5. The maximum Gasteiger partial charge on any atom is 0.320 e. The molecule has 9 nitrogen and oxygen atoms in total. The number of carbonyl (C=O) groups excluding carboxylic acids is 5. The molecule has 0 aliphatic heterocycles. The fraction of sp³-hybridized carbons (Fsp3) is 0.561. The van der Waals surface area contributed by atoms with Gasteiger partial charge in [-0.2, -0.15) is 0 Å². The van der Waals surface area contributed by atoms with E-state index in [4.69, 9.17) is 30.5 Å². The first kappa shape index (κ1) is 70.2. The highest BCUT2D eigenvalue weighted by molar-refractivity contribution is 9.09. The van der Waals surface area contributed by atoms with Crippen LogP contribution in [0.2, 0.25) is 0 Å². The third-order valence-corrected chi connectivity index (χ3v) is 13.6. The van der Waals surface area contributed by atoms with E-state index in [2.05, 4.69) is 29.8 Å². The molecule has 77 heavy (non-hydrogen) atoms. The normalized spacial score (nSPS) is 10.5. The summed E-state index contributed by atoms with van der Waals surface area (Å²) < 4.78 is 21.0. The standard InChI is InChI=1S/C31H44O4.C17H16O4.C14H29Br.C4H7ClO/c1-2-3-4-5-6-7-8-9-10-11-12-19-24-29(30(32)34-25-27-20-15-13-16-21-27)31(33)35-26-28-22-17-14-18-23-28;18-16(20-12-14-7-3-1-4-8-14)11-17(19)21-13-15-9-5-2-6-10-15;1-2-3-4-5-6-7-8-9-10-11-12-13-14-15;1-3(2)4(5)6/h13-18,20-23,29H,2-12,19,24-26H2,1H3;1-10H,11-13H2;2-14H2,1H3;3H,1-2H3. The smallest absolute Gasteiger partial charge is 0.320 e. The van der Waals surface area contributed by atoms with Crippen molar-refractivity contribution in [3.63, 3.8) is 0 Å². The fourth-order valence-electron chi connectivity index (χ4n) is 7.81. The average Bonchev–Trinajstić information content (AvgIpc) is 3.45. The van der Waals surface area contributed by atoms with Gasteiger partial charge in [0, 0.05) is 11.2 Å². The molecule has 0 heterocycles. The number of alkyl halides is 1. The third kappa shape index (κ3) is 42.9. The maximum absolute atomic E-state index is 12.8. The highest BCUT2D eigenvalue weighted by atomic mass is 79.9. The number of esters is 4. The molecule has 0 amide bonds. The number of halogens is 2. The Hall–Kier alpha value is -4.80. The molecular weight excluding hydrogens is 1050 g/mol. The van der Waals surface area contributed by atoms with Gasteiger partial charge in [-0.1, -0.05) is 313 Å². The predicted molar refractivity (Wildman–Crippen MR) is 319 cm³/mol. The monoisotopic (exact) mass is 1150 g/mol. The number of ether oxygens (including phenoxy) is 4. The van der Waals surface area contributed by atoms with Crippen LogP contribution in [-0.4, -0.2) is 34.4 Å². The van der Waals surface area contributed by atoms with Crippen LogP contribution in [0.3, 0.4) is 0 Å². The first-order valence-electron chi connectivity index (χ1n) is 29.1. The second kappa shape index (κ2) is 50.7. The van der Waals surface area contributed by atoms with Crippen LogP contribution in [0.5, 0.6) is 0 Å². The van der Waals surface area contributed by atoms with Gasteiger partial charge in [0.25, 0.3) is 0 Å². The molecule has 4 aromatic carbocycles. The Bertz CT molecular complexity index is 1900. The van der Waals surface area contributed by atoms with Crippen molar-refractivity contribution in [1.29, 1.82) is 0 Å². The van der Waals surface area contributed by atoms with Gasteiger partial charge in [-0.15, -0.1) is 0 Å². The zero-order valence-corrected chi connectivity index (χ0v) is 49.9.